The second-order valence-electron chi connectivity index (χ2n) is 3.47. The van der Waals surface area contributed by atoms with Crippen LogP contribution in [-0.2, 0) is 9.59 Å². The number of thioether (sulfide) groups is 1. The lowest BCUT2D eigenvalue weighted by atomic mass is 10.3. The summed E-state index contributed by atoms with van der Waals surface area (Å²) < 4.78 is 0. The van der Waals surface area contributed by atoms with Crippen molar-refractivity contribution in [2.45, 2.75) is 5.16 Å². The van der Waals surface area contributed by atoms with Gasteiger partial charge in [-0.1, -0.05) is 11.8 Å². The van der Waals surface area contributed by atoms with E-state index < -0.39 is 0 Å². The van der Waals surface area contributed by atoms with E-state index in [-0.39, 0.29) is 24.9 Å². The molecule has 1 fully saturated rings. The highest BCUT2D eigenvalue weighted by Gasteiger charge is 2.24. The van der Waals surface area contributed by atoms with Crippen LogP contribution in [0.5, 0.6) is 0 Å². The van der Waals surface area contributed by atoms with Crippen LogP contribution in [-0.4, -0.2) is 41.1 Å². The molecular formula is C9H11N5O2S. The molecule has 7 nitrogen and oxygen atoms in total. The average molecular weight is 253 g/mol. The van der Waals surface area contributed by atoms with Crippen LogP contribution >= 0.6 is 11.8 Å². The molecule has 17 heavy (non-hydrogen) atoms. The average Bonchev–Trinajstić information content (AvgIpc) is 2.26. The Labute approximate surface area is 102 Å². The van der Waals surface area contributed by atoms with Crippen LogP contribution in [0.3, 0.4) is 0 Å². The maximum Gasteiger partial charge on any atom is 0.246 e. The van der Waals surface area contributed by atoms with Gasteiger partial charge in [0.15, 0.2) is 5.16 Å². The Kier molecular flexibility index (Phi) is 3.14. The van der Waals surface area contributed by atoms with Gasteiger partial charge in [-0.25, -0.2) is 9.97 Å². The number of nitrogen functional groups attached to an aromatic ring is 1. The number of imide groups is 1. The third kappa shape index (κ3) is 2.64. The second kappa shape index (κ2) is 4.58. The van der Waals surface area contributed by atoms with Crippen molar-refractivity contribution < 1.29 is 9.59 Å². The molecule has 1 aliphatic rings. The Balaban J connectivity index is 2.29. The van der Waals surface area contributed by atoms with Gasteiger partial charge in [-0.2, -0.15) is 0 Å². The number of piperazine rings is 1. The van der Waals surface area contributed by atoms with Gasteiger partial charge < -0.3 is 10.6 Å². The first-order valence-electron chi connectivity index (χ1n) is 4.84. The molecule has 2 rings (SSSR count). The SMILES string of the molecule is CSc1nc(N)cc(N2CC(=O)NC(=O)C2)n1. The molecule has 0 aromatic carbocycles. The molecule has 0 bridgehead atoms. The van der Waals surface area contributed by atoms with Crippen molar-refractivity contribution in [2.24, 2.45) is 0 Å². The Bertz CT molecular complexity index is 462. The van der Waals surface area contributed by atoms with E-state index in [0.29, 0.717) is 16.8 Å². The van der Waals surface area contributed by atoms with Crippen molar-refractivity contribution >= 4 is 35.2 Å². The summed E-state index contributed by atoms with van der Waals surface area (Å²) in [6.07, 6.45) is 1.83. The molecule has 0 radical (unpaired) electrons. The van der Waals surface area contributed by atoms with Crippen LogP contribution in [0.25, 0.3) is 0 Å². The lowest BCUT2D eigenvalue weighted by Crippen LogP contribution is -2.51. The topological polar surface area (TPSA) is 101 Å². The van der Waals surface area contributed by atoms with Gasteiger partial charge in [-0.15, -0.1) is 0 Å². The molecule has 0 atom stereocenters. The van der Waals surface area contributed by atoms with Crippen LogP contribution in [0.4, 0.5) is 11.6 Å². The highest BCUT2D eigenvalue weighted by atomic mass is 32.2. The van der Waals surface area contributed by atoms with Gasteiger partial charge in [0.25, 0.3) is 0 Å². The maximum absolute atomic E-state index is 11.2. The number of amides is 2. The number of carbonyl (C=O) groups excluding carboxylic acids is 2. The number of nitrogens with zero attached hydrogens (tertiary/aromatic N) is 3. The van der Waals surface area contributed by atoms with Crippen LogP contribution in [0.15, 0.2) is 11.2 Å². The van der Waals surface area contributed by atoms with E-state index in [4.69, 9.17) is 5.73 Å². The summed E-state index contributed by atoms with van der Waals surface area (Å²) in [6.45, 7) is 0.187. The Morgan fingerprint density at radius 2 is 2.00 bits per heavy atom. The Hall–Kier alpha value is -1.83. The number of nitrogens with two attached hydrogens (primary N) is 1. The van der Waals surface area contributed by atoms with E-state index in [9.17, 15) is 9.59 Å². The summed E-state index contributed by atoms with van der Waals surface area (Å²) in [7, 11) is 0. The summed E-state index contributed by atoms with van der Waals surface area (Å²) in [6, 6.07) is 1.55. The molecule has 1 aromatic rings. The first kappa shape index (κ1) is 11.6. The van der Waals surface area contributed by atoms with Crippen LogP contribution in [0, 0.1) is 0 Å². The fourth-order valence-corrected chi connectivity index (χ4v) is 1.86. The Morgan fingerprint density at radius 1 is 1.35 bits per heavy atom. The molecule has 90 valence electrons. The standard InChI is InChI=1S/C9H11N5O2S/c1-17-9-11-5(10)2-6(12-9)14-3-7(15)13-8(16)4-14/h2H,3-4H2,1H3,(H2,10,11,12)(H,13,15,16). The zero-order valence-electron chi connectivity index (χ0n) is 9.14. The third-order valence-electron chi connectivity index (χ3n) is 2.17. The minimum absolute atomic E-state index is 0.0933. The minimum atomic E-state index is -0.343. The van der Waals surface area contributed by atoms with Crippen molar-refractivity contribution in [1.82, 2.24) is 15.3 Å². The van der Waals surface area contributed by atoms with Crippen molar-refractivity contribution in [1.29, 1.82) is 0 Å². The number of aromatic nitrogens is 2. The maximum atomic E-state index is 11.2. The van der Waals surface area contributed by atoms with Gasteiger partial charge in [-0.3, -0.25) is 14.9 Å². The molecule has 1 aromatic heterocycles. The molecule has 0 aliphatic carbocycles. The summed E-state index contributed by atoms with van der Waals surface area (Å²) in [5, 5.41) is 2.74. The summed E-state index contributed by atoms with van der Waals surface area (Å²) in [5.74, 6) is 0.121. The second-order valence-corrected chi connectivity index (χ2v) is 4.24. The summed E-state index contributed by atoms with van der Waals surface area (Å²) in [4.78, 5) is 32.3. The number of hydrogen-bond donors (Lipinski definition) is 2. The third-order valence-corrected chi connectivity index (χ3v) is 2.71. The van der Waals surface area contributed by atoms with Crippen LogP contribution < -0.4 is 16.0 Å². The molecule has 0 unspecified atom stereocenters. The molecule has 0 spiro atoms. The van der Waals surface area contributed by atoms with Gasteiger partial charge in [0.05, 0.1) is 13.1 Å². The van der Waals surface area contributed by atoms with Gasteiger partial charge in [0.1, 0.15) is 11.6 Å². The van der Waals surface area contributed by atoms with Crippen molar-refractivity contribution in [2.75, 3.05) is 30.0 Å². The Morgan fingerprint density at radius 3 is 2.59 bits per heavy atom. The van der Waals surface area contributed by atoms with Crippen molar-refractivity contribution in [3.8, 4) is 0 Å². The van der Waals surface area contributed by atoms with Crippen LogP contribution in [0.1, 0.15) is 0 Å². The molecule has 0 saturated carbocycles. The van der Waals surface area contributed by atoms with Gasteiger partial charge in [0, 0.05) is 6.07 Å². The molecular weight excluding hydrogens is 242 g/mol. The monoisotopic (exact) mass is 253 g/mol. The van der Waals surface area contributed by atoms with E-state index in [0.717, 1.165) is 0 Å². The molecule has 2 amide bonds. The smallest absolute Gasteiger partial charge is 0.246 e. The number of anilines is 2. The van der Waals surface area contributed by atoms with Gasteiger partial charge in [0.2, 0.25) is 11.8 Å². The van der Waals surface area contributed by atoms with E-state index in [1.165, 1.54) is 11.8 Å². The first-order chi connectivity index (χ1) is 8.08. The number of hydrogen-bond acceptors (Lipinski definition) is 7. The highest BCUT2D eigenvalue weighted by Crippen LogP contribution is 2.19. The lowest BCUT2D eigenvalue weighted by Gasteiger charge is -2.26. The fraction of sp³-hybridized carbons (Fsp3) is 0.333. The van der Waals surface area contributed by atoms with E-state index in [1.807, 2.05) is 6.26 Å². The largest absolute Gasteiger partial charge is 0.383 e. The molecule has 8 heteroatoms. The molecule has 2 heterocycles. The molecule has 3 N–H and O–H groups in total. The van der Waals surface area contributed by atoms with Gasteiger partial charge >= 0.3 is 0 Å². The van der Waals surface area contributed by atoms with Crippen molar-refractivity contribution in [3.63, 3.8) is 0 Å². The lowest BCUT2D eigenvalue weighted by molar-refractivity contribution is -0.130. The number of carbonyl (C=O) groups is 2. The van der Waals surface area contributed by atoms with Crippen molar-refractivity contribution in [3.05, 3.63) is 6.07 Å². The van der Waals surface area contributed by atoms with E-state index >= 15 is 0 Å². The molecule has 1 aliphatic heterocycles. The zero-order valence-corrected chi connectivity index (χ0v) is 9.95. The summed E-state index contributed by atoms with van der Waals surface area (Å²) in [5.41, 5.74) is 5.63. The van der Waals surface area contributed by atoms with Gasteiger partial charge in [-0.05, 0) is 6.26 Å². The zero-order chi connectivity index (χ0) is 12.4. The molecule has 1 saturated heterocycles. The first-order valence-corrected chi connectivity index (χ1v) is 6.07. The summed E-state index contributed by atoms with van der Waals surface area (Å²) >= 11 is 1.35. The quantitative estimate of drug-likeness (QED) is 0.406. The minimum Gasteiger partial charge on any atom is -0.383 e. The van der Waals surface area contributed by atoms with Crippen LogP contribution in [0.2, 0.25) is 0 Å². The fourth-order valence-electron chi connectivity index (χ4n) is 1.48. The van der Waals surface area contributed by atoms with E-state index in [2.05, 4.69) is 15.3 Å². The normalized spacial score (nSPS) is 15.9. The highest BCUT2D eigenvalue weighted by molar-refractivity contribution is 7.98. The van der Waals surface area contributed by atoms with E-state index in [1.54, 1.807) is 11.0 Å². The predicted molar refractivity (Wildman–Crippen MR) is 63.6 cm³/mol. The number of rotatable bonds is 2. The number of nitrogens with one attached hydrogen (secondary N) is 1. The predicted octanol–water partition coefficient (Wildman–Crippen LogP) is -0.756.